The molecule has 0 spiro atoms. The van der Waals surface area contributed by atoms with Crippen molar-refractivity contribution in [1.29, 1.82) is 0 Å². The fourth-order valence-corrected chi connectivity index (χ4v) is 4.72. The third-order valence-corrected chi connectivity index (χ3v) is 6.25. The van der Waals surface area contributed by atoms with Gasteiger partial charge in [0.25, 0.3) is 0 Å². The Balaban J connectivity index is 0.000000240. The van der Waals surface area contributed by atoms with E-state index in [0.29, 0.717) is 31.7 Å². The summed E-state index contributed by atoms with van der Waals surface area (Å²) < 4.78 is 5.42. The second-order valence-electron chi connectivity index (χ2n) is 10.6. The molecule has 0 radical (unpaired) electrons. The normalized spacial score (nSPS) is 20.8. The Labute approximate surface area is 205 Å². The standard InChI is InChI=1S/C16H28N2O2.C9H10O.C2H5NO/c1-12(2)8-14(19)17-10-13-6-5-7-18(13)15(20)9-16(3,4)11-17;1-2-6-9-8(4-1)5-3-7-10-9;1-3-2-4/h12-13H,5-11H2,1-4H3;1-2,4,6H,3,5,7H2;2H,1H3,(H,3,4)/t13-;;/m1../s1. The second-order valence-corrected chi connectivity index (χ2v) is 10.6. The molecule has 2 saturated heterocycles. The first kappa shape index (κ1) is 27.7. The molecule has 0 unspecified atom stereocenters. The Morgan fingerprint density at radius 2 is 1.97 bits per heavy atom. The number of carbonyl (C=O) groups excluding carboxylic acids is 3. The number of ether oxygens (including phenoxy) is 1. The number of amides is 3. The largest absolute Gasteiger partial charge is 0.493 e. The van der Waals surface area contributed by atoms with E-state index in [0.717, 1.165) is 44.7 Å². The van der Waals surface area contributed by atoms with Crippen LogP contribution in [0.1, 0.15) is 65.4 Å². The van der Waals surface area contributed by atoms with Gasteiger partial charge >= 0.3 is 0 Å². The van der Waals surface area contributed by atoms with Gasteiger partial charge in [0.05, 0.1) is 6.61 Å². The molecular formula is C27H43N3O4. The summed E-state index contributed by atoms with van der Waals surface area (Å²) in [5.74, 6) is 1.98. The van der Waals surface area contributed by atoms with Crippen molar-refractivity contribution in [1.82, 2.24) is 15.1 Å². The molecule has 0 aromatic heterocycles. The number of fused-ring (bicyclic) bond motifs is 2. The molecule has 7 heteroatoms. The van der Waals surface area contributed by atoms with Gasteiger partial charge in [0.15, 0.2) is 0 Å². The lowest BCUT2D eigenvalue weighted by molar-refractivity contribution is -0.143. The van der Waals surface area contributed by atoms with Crippen molar-refractivity contribution >= 4 is 18.2 Å². The maximum absolute atomic E-state index is 12.5. The van der Waals surface area contributed by atoms with Gasteiger partial charge in [-0.05, 0) is 48.6 Å². The minimum Gasteiger partial charge on any atom is -0.493 e. The van der Waals surface area contributed by atoms with Crippen LogP contribution in [-0.4, -0.2) is 67.4 Å². The van der Waals surface area contributed by atoms with Gasteiger partial charge in [0, 0.05) is 45.6 Å². The van der Waals surface area contributed by atoms with E-state index in [-0.39, 0.29) is 23.3 Å². The molecule has 3 aliphatic rings. The predicted molar refractivity (Wildman–Crippen MR) is 135 cm³/mol. The summed E-state index contributed by atoms with van der Waals surface area (Å²) in [4.78, 5) is 37.9. The van der Waals surface area contributed by atoms with E-state index >= 15 is 0 Å². The van der Waals surface area contributed by atoms with Crippen molar-refractivity contribution < 1.29 is 19.1 Å². The van der Waals surface area contributed by atoms with Crippen molar-refractivity contribution in [3.8, 4) is 5.75 Å². The lowest BCUT2D eigenvalue weighted by Crippen LogP contribution is -2.52. The molecule has 7 nitrogen and oxygen atoms in total. The molecule has 3 aliphatic heterocycles. The van der Waals surface area contributed by atoms with E-state index in [1.54, 1.807) is 7.05 Å². The molecule has 0 aliphatic carbocycles. The fourth-order valence-electron chi connectivity index (χ4n) is 4.72. The van der Waals surface area contributed by atoms with Crippen molar-refractivity contribution in [3.63, 3.8) is 0 Å². The molecule has 3 amide bonds. The van der Waals surface area contributed by atoms with Crippen LogP contribution in [0.5, 0.6) is 5.75 Å². The maximum Gasteiger partial charge on any atom is 0.223 e. The molecule has 34 heavy (non-hydrogen) atoms. The van der Waals surface area contributed by atoms with E-state index in [4.69, 9.17) is 9.53 Å². The number of hydrogen-bond donors (Lipinski definition) is 1. The molecule has 190 valence electrons. The third kappa shape index (κ3) is 8.65. The molecule has 1 aromatic rings. The van der Waals surface area contributed by atoms with Gasteiger partial charge < -0.3 is 19.9 Å². The molecule has 1 N–H and O–H groups in total. The fraction of sp³-hybridized carbons (Fsp3) is 0.667. The first-order chi connectivity index (χ1) is 16.2. The summed E-state index contributed by atoms with van der Waals surface area (Å²) >= 11 is 0. The first-order valence-electron chi connectivity index (χ1n) is 12.6. The highest BCUT2D eigenvalue weighted by Gasteiger charge is 2.38. The SMILES string of the molecule is CC(C)CC(=O)N1C[C@H]2CCCN2C(=O)CC(C)(C)C1.CNC=O.c1ccc2c(c1)CCCO2. The van der Waals surface area contributed by atoms with Crippen LogP contribution in [0, 0.1) is 11.3 Å². The number of rotatable bonds is 3. The zero-order valence-electron chi connectivity index (χ0n) is 21.6. The molecule has 0 bridgehead atoms. The Hall–Kier alpha value is -2.57. The summed E-state index contributed by atoms with van der Waals surface area (Å²) in [6.07, 6.45) is 6.24. The lowest BCUT2D eigenvalue weighted by Gasteiger charge is -2.40. The Morgan fingerprint density at radius 1 is 1.26 bits per heavy atom. The highest BCUT2D eigenvalue weighted by atomic mass is 16.5. The summed E-state index contributed by atoms with van der Waals surface area (Å²) in [6, 6.07) is 8.50. The van der Waals surface area contributed by atoms with Gasteiger partial charge in [-0.15, -0.1) is 0 Å². The van der Waals surface area contributed by atoms with Gasteiger partial charge in [0.2, 0.25) is 18.2 Å². The van der Waals surface area contributed by atoms with Gasteiger partial charge in [-0.2, -0.15) is 0 Å². The minimum absolute atomic E-state index is 0.128. The maximum atomic E-state index is 12.5. The van der Waals surface area contributed by atoms with Crippen LogP contribution in [0.3, 0.4) is 0 Å². The van der Waals surface area contributed by atoms with Crippen LogP contribution < -0.4 is 10.1 Å². The van der Waals surface area contributed by atoms with Crippen molar-refractivity contribution in [2.45, 2.75) is 72.3 Å². The van der Waals surface area contributed by atoms with Crippen LogP contribution in [0.15, 0.2) is 24.3 Å². The zero-order valence-corrected chi connectivity index (χ0v) is 21.6. The topological polar surface area (TPSA) is 79.0 Å². The molecule has 1 aromatic carbocycles. The van der Waals surface area contributed by atoms with E-state index in [2.05, 4.69) is 45.1 Å². The van der Waals surface area contributed by atoms with E-state index < -0.39 is 0 Å². The monoisotopic (exact) mass is 473 g/mol. The van der Waals surface area contributed by atoms with Crippen LogP contribution in [0.4, 0.5) is 0 Å². The van der Waals surface area contributed by atoms with E-state index in [1.165, 1.54) is 12.0 Å². The number of nitrogens with one attached hydrogen (secondary N) is 1. The van der Waals surface area contributed by atoms with E-state index in [1.807, 2.05) is 21.9 Å². The number of aryl methyl sites for hydroxylation is 1. The number of benzene rings is 1. The smallest absolute Gasteiger partial charge is 0.223 e. The van der Waals surface area contributed by atoms with Crippen LogP contribution in [-0.2, 0) is 20.8 Å². The molecule has 1 atom stereocenters. The van der Waals surface area contributed by atoms with E-state index in [9.17, 15) is 9.59 Å². The zero-order chi connectivity index (χ0) is 25.1. The highest BCUT2D eigenvalue weighted by Crippen LogP contribution is 2.30. The average Bonchev–Trinajstić information content (AvgIpc) is 3.26. The number of hydrogen-bond acceptors (Lipinski definition) is 4. The molecule has 0 saturated carbocycles. The van der Waals surface area contributed by atoms with Crippen molar-refractivity contribution in [2.75, 3.05) is 33.3 Å². The van der Waals surface area contributed by atoms with Crippen LogP contribution in [0.2, 0.25) is 0 Å². The summed E-state index contributed by atoms with van der Waals surface area (Å²) in [5.41, 5.74) is 1.23. The molecule has 4 rings (SSSR count). The van der Waals surface area contributed by atoms with Gasteiger partial charge in [-0.1, -0.05) is 45.9 Å². The third-order valence-electron chi connectivity index (χ3n) is 6.25. The summed E-state index contributed by atoms with van der Waals surface area (Å²) in [7, 11) is 1.56. The van der Waals surface area contributed by atoms with Crippen molar-refractivity contribution in [3.05, 3.63) is 29.8 Å². The van der Waals surface area contributed by atoms with Crippen LogP contribution >= 0.6 is 0 Å². The minimum atomic E-state index is -0.128. The quantitative estimate of drug-likeness (QED) is 0.680. The predicted octanol–water partition coefficient (Wildman–Crippen LogP) is 3.66. The number of para-hydroxylation sites is 1. The lowest BCUT2D eigenvalue weighted by atomic mass is 9.86. The Morgan fingerprint density at radius 3 is 2.62 bits per heavy atom. The Kier molecular flexibility index (Phi) is 10.9. The van der Waals surface area contributed by atoms with Crippen LogP contribution in [0.25, 0.3) is 0 Å². The average molecular weight is 474 g/mol. The highest BCUT2D eigenvalue weighted by molar-refractivity contribution is 5.79. The van der Waals surface area contributed by atoms with Crippen molar-refractivity contribution in [2.24, 2.45) is 11.3 Å². The number of nitrogens with zero attached hydrogens (tertiary/aromatic N) is 2. The number of carbonyl (C=O) groups is 3. The molecule has 2 fully saturated rings. The van der Waals surface area contributed by atoms with Gasteiger partial charge in [-0.3, -0.25) is 14.4 Å². The summed E-state index contributed by atoms with van der Waals surface area (Å²) in [5, 5.41) is 2.25. The Bertz CT molecular complexity index is 784. The first-order valence-corrected chi connectivity index (χ1v) is 12.6. The molecular weight excluding hydrogens is 430 g/mol. The summed E-state index contributed by atoms with van der Waals surface area (Å²) in [6.45, 7) is 11.5. The van der Waals surface area contributed by atoms with Gasteiger partial charge in [-0.25, -0.2) is 0 Å². The molecule has 3 heterocycles. The van der Waals surface area contributed by atoms with Gasteiger partial charge in [0.1, 0.15) is 5.75 Å². The second kappa shape index (κ2) is 13.4.